The Morgan fingerprint density at radius 2 is 1.97 bits per heavy atom. The first-order valence-electron chi connectivity index (χ1n) is 11.1. The van der Waals surface area contributed by atoms with Gasteiger partial charge >= 0.3 is 17.4 Å². The van der Waals surface area contributed by atoms with Crippen LogP contribution in [0.2, 0.25) is 0 Å². The number of rotatable bonds is 4. The molecular formula is C25H23N3O7. The van der Waals surface area contributed by atoms with E-state index in [9.17, 15) is 19.2 Å². The minimum atomic E-state index is -0.839. The summed E-state index contributed by atoms with van der Waals surface area (Å²) in [7, 11) is 1.57. The average Bonchev–Trinajstić information content (AvgIpc) is 3.12. The van der Waals surface area contributed by atoms with E-state index in [0.717, 1.165) is 21.3 Å². The molecule has 0 radical (unpaired) electrons. The highest BCUT2D eigenvalue weighted by Gasteiger charge is 2.29. The van der Waals surface area contributed by atoms with Gasteiger partial charge < -0.3 is 13.9 Å². The van der Waals surface area contributed by atoms with Crippen LogP contribution in [0.3, 0.4) is 0 Å². The van der Waals surface area contributed by atoms with Crippen LogP contribution >= 0.6 is 0 Å². The largest absolute Gasteiger partial charge is 0.462 e. The summed E-state index contributed by atoms with van der Waals surface area (Å²) in [6.45, 7) is 4.08. The van der Waals surface area contributed by atoms with Crippen LogP contribution < -0.4 is 17.0 Å². The molecule has 5 rings (SSSR count). The molecule has 0 spiro atoms. The fraction of sp³-hybridized carbons (Fsp3) is 0.280. The SMILES string of the molecule is CCOC(=O)c1cn(-c2ccc3c(c2)oc(=O)n3C)c(=O)n(C2COCc3c(C)cccc32)c1=O. The van der Waals surface area contributed by atoms with Crippen molar-refractivity contribution in [3.63, 3.8) is 0 Å². The van der Waals surface area contributed by atoms with E-state index in [1.165, 1.54) is 21.4 Å². The van der Waals surface area contributed by atoms with Gasteiger partial charge in [0.1, 0.15) is 5.56 Å². The van der Waals surface area contributed by atoms with Gasteiger partial charge in [0, 0.05) is 19.3 Å². The topological polar surface area (TPSA) is 115 Å². The zero-order valence-electron chi connectivity index (χ0n) is 19.4. The number of ether oxygens (including phenoxy) is 2. The third-order valence-electron chi connectivity index (χ3n) is 6.31. The van der Waals surface area contributed by atoms with E-state index in [2.05, 4.69) is 0 Å². The number of carbonyl (C=O) groups excluding carboxylic acids is 1. The van der Waals surface area contributed by atoms with Gasteiger partial charge in [-0.3, -0.25) is 13.9 Å². The van der Waals surface area contributed by atoms with Crippen LogP contribution in [0.25, 0.3) is 16.8 Å². The lowest BCUT2D eigenvalue weighted by molar-refractivity contribution is 0.0519. The number of aromatic nitrogens is 3. The smallest absolute Gasteiger partial charge is 0.419 e. The van der Waals surface area contributed by atoms with Crippen LogP contribution in [-0.4, -0.2) is 32.9 Å². The predicted molar refractivity (Wildman–Crippen MR) is 126 cm³/mol. The molecule has 0 saturated heterocycles. The van der Waals surface area contributed by atoms with Crippen molar-refractivity contribution < 1.29 is 18.7 Å². The first kappa shape index (κ1) is 22.6. The number of benzene rings is 2. The number of nitrogens with zero attached hydrogens (tertiary/aromatic N) is 3. The molecule has 2 aromatic heterocycles. The Hall–Kier alpha value is -4.18. The summed E-state index contributed by atoms with van der Waals surface area (Å²) in [5.74, 6) is -1.39. The molecule has 3 heterocycles. The van der Waals surface area contributed by atoms with Crippen LogP contribution in [0.4, 0.5) is 0 Å². The van der Waals surface area contributed by atoms with Gasteiger partial charge in [0.15, 0.2) is 5.58 Å². The summed E-state index contributed by atoms with van der Waals surface area (Å²) in [6, 6.07) is 9.66. The van der Waals surface area contributed by atoms with E-state index >= 15 is 0 Å². The number of esters is 1. The van der Waals surface area contributed by atoms with Crippen LogP contribution in [0, 0.1) is 6.92 Å². The van der Waals surface area contributed by atoms with Crippen molar-refractivity contribution in [2.45, 2.75) is 26.5 Å². The molecule has 0 saturated carbocycles. The maximum Gasteiger partial charge on any atom is 0.419 e. The molecular weight excluding hydrogens is 454 g/mol. The third kappa shape index (κ3) is 3.62. The van der Waals surface area contributed by atoms with Crippen LogP contribution in [-0.2, 0) is 23.1 Å². The maximum absolute atomic E-state index is 13.7. The van der Waals surface area contributed by atoms with Gasteiger partial charge in [-0.05, 0) is 42.7 Å². The first-order chi connectivity index (χ1) is 16.8. The molecule has 4 aromatic rings. The van der Waals surface area contributed by atoms with Gasteiger partial charge in [-0.25, -0.2) is 19.0 Å². The van der Waals surface area contributed by atoms with E-state index in [1.54, 1.807) is 26.1 Å². The number of aryl methyl sites for hydroxylation is 2. The highest BCUT2D eigenvalue weighted by Crippen LogP contribution is 2.29. The van der Waals surface area contributed by atoms with Gasteiger partial charge in [0.05, 0.1) is 37.1 Å². The van der Waals surface area contributed by atoms with E-state index in [4.69, 9.17) is 13.9 Å². The molecule has 35 heavy (non-hydrogen) atoms. The zero-order chi connectivity index (χ0) is 24.9. The second-order valence-electron chi connectivity index (χ2n) is 8.34. The Morgan fingerprint density at radius 3 is 2.74 bits per heavy atom. The third-order valence-corrected chi connectivity index (χ3v) is 6.31. The Bertz CT molecular complexity index is 1650. The van der Waals surface area contributed by atoms with Gasteiger partial charge in [-0.15, -0.1) is 0 Å². The minimum Gasteiger partial charge on any atom is -0.462 e. The molecule has 180 valence electrons. The molecule has 10 heteroatoms. The highest BCUT2D eigenvalue weighted by molar-refractivity contribution is 5.88. The molecule has 1 unspecified atom stereocenters. The molecule has 1 aliphatic heterocycles. The van der Waals surface area contributed by atoms with Crippen molar-refractivity contribution >= 4 is 17.1 Å². The van der Waals surface area contributed by atoms with Gasteiger partial charge in [0.2, 0.25) is 0 Å². The lowest BCUT2D eigenvalue weighted by atomic mass is 9.95. The fourth-order valence-corrected chi connectivity index (χ4v) is 4.46. The van der Waals surface area contributed by atoms with Crippen molar-refractivity contribution in [3.8, 4) is 5.69 Å². The molecule has 0 bridgehead atoms. The van der Waals surface area contributed by atoms with E-state index in [0.29, 0.717) is 17.8 Å². The van der Waals surface area contributed by atoms with Crippen LogP contribution in [0.1, 0.15) is 40.0 Å². The normalized spacial score (nSPS) is 15.2. The minimum absolute atomic E-state index is 0.0626. The Kier molecular flexibility index (Phi) is 5.52. The molecule has 0 N–H and O–H groups in total. The summed E-state index contributed by atoms with van der Waals surface area (Å²) in [5, 5.41) is 0. The lowest BCUT2D eigenvalue weighted by Crippen LogP contribution is -2.46. The predicted octanol–water partition coefficient (Wildman–Crippen LogP) is 2.05. The van der Waals surface area contributed by atoms with Crippen molar-refractivity contribution in [1.29, 1.82) is 0 Å². The second kappa shape index (κ2) is 8.55. The van der Waals surface area contributed by atoms with Gasteiger partial charge in [0.25, 0.3) is 5.56 Å². The quantitative estimate of drug-likeness (QED) is 0.413. The van der Waals surface area contributed by atoms with Crippen molar-refractivity contribution in [2.75, 3.05) is 13.2 Å². The number of hydrogen-bond acceptors (Lipinski definition) is 7. The summed E-state index contributed by atoms with van der Waals surface area (Å²) in [5.41, 5.74) is 2.06. The van der Waals surface area contributed by atoms with Crippen molar-refractivity contribution in [1.82, 2.24) is 13.7 Å². The standard InChI is InChI=1S/C25H23N3O7/c1-4-34-23(30)17-11-27(15-8-9-19-21(10-15)35-25(32)26(19)3)24(31)28(22(17)29)20-13-33-12-18-14(2)6-5-7-16(18)20/h5-11,20H,4,12-13H2,1-3H3. The maximum atomic E-state index is 13.7. The Morgan fingerprint density at radius 1 is 1.17 bits per heavy atom. The fourth-order valence-electron chi connectivity index (χ4n) is 4.46. The van der Waals surface area contributed by atoms with Crippen molar-refractivity contribution in [2.24, 2.45) is 7.05 Å². The molecule has 10 nitrogen and oxygen atoms in total. The molecule has 0 amide bonds. The lowest BCUT2D eigenvalue weighted by Gasteiger charge is -2.28. The number of oxazole rings is 1. The van der Waals surface area contributed by atoms with Crippen LogP contribution in [0.15, 0.2) is 61.4 Å². The number of hydrogen-bond donors (Lipinski definition) is 0. The van der Waals surface area contributed by atoms with Crippen LogP contribution in [0.5, 0.6) is 0 Å². The number of carbonyl (C=O) groups is 1. The van der Waals surface area contributed by atoms with E-state index in [-0.39, 0.29) is 24.4 Å². The molecule has 1 atom stereocenters. The first-order valence-corrected chi connectivity index (χ1v) is 11.1. The molecule has 0 aliphatic carbocycles. The van der Waals surface area contributed by atoms with E-state index < -0.39 is 29.0 Å². The monoisotopic (exact) mass is 477 g/mol. The second-order valence-corrected chi connectivity index (χ2v) is 8.34. The van der Waals surface area contributed by atoms with Gasteiger partial charge in [-0.1, -0.05) is 18.2 Å². The summed E-state index contributed by atoms with van der Waals surface area (Å²) < 4.78 is 19.7. The molecule has 2 aromatic carbocycles. The summed E-state index contributed by atoms with van der Waals surface area (Å²) >= 11 is 0. The average molecular weight is 477 g/mol. The van der Waals surface area contributed by atoms with E-state index in [1.807, 2.05) is 25.1 Å². The highest BCUT2D eigenvalue weighted by atomic mass is 16.5. The summed E-state index contributed by atoms with van der Waals surface area (Å²) in [6.07, 6.45) is 1.17. The Balaban J connectivity index is 1.79. The zero-order valence-corrected chi connectivity index (χ0v) is 19.4. The molecule has 1 aliphatic rings. The van der Waals surface area contributed by atoms with Crippen molar-refractivity contribution in [3.05, 3.63) is 96.2 Å². The Labute approximate surface area is 198 Å². The number of fused-ring (bicyclic) bond motifs is 2. The van der Waals surface area contributed by atoms with Gasteiger partial charge in [-0.2, -0.15) is 0 Å². The summed E-state index contributed by atoms with van der Waals surface area (Å²) in [4.78, 5) is 51.9. The molecule has 0 fully saturated rings.